The summed E-state index contributed by atoms with van der Waals surface area (Å²) in [6, 6.07) is 5.57. The van der Waals surface area contributed by atoms with Crippen molar-refractivity contribution in [1.82, 2.24) is 20.2 Å². The van der Waals surface area contributed by atoms with E-state index < -0.39 is 0 Å². The van der Waals surface area contributed by atoms with Crippen LogP contribution in [0.2, 0.25) is 0 Å². The number of benzene rings is 1. The van der Waals surface area contributed by atoms with E-state index in [1.54, 1.807) is 13.1 Å². The average Bonchev–Trinajstić information content (AvgIpc) is 2.68. The SMILES string of the molecule is Cc1cccc(C(=O)Nc2nnn(C)n2)c1I. The molecule has 17 heavy (non-hydrogen) atoms. The van der Waals surface area contributed by atoms with Crippen molar-refractivity contribution in [1.29, 1.82) is 0 Å². The van der Waals surface area contributed by atoms with Crippen LogP contribution in [0.25, 0.3) is 0 Å². The Morgan fingerprint density at radius 3 is 2.88 bits per heavy atom. The van der Waals surface area contributed by atoms with Crippen molar-refractivity contribution < 1.29 is 4.79 Å². The zero-order chi connectivity index (χ0) is 12.4. The van der Waals surface area contributed by atoms with E-state index in [2.05, 4.69) is 43.3 Å². The van der Waals surface area contributed by atoms with Crippen LogP contribution in [-0.4, -0.2) is 26.1 Å². The highest BCUT2D eigenvalue weighted by atomic mass is 127. The van der Waals surface area contributed by atoms with E-state index in [9.17, 15) is 4.79 Å². The topological polar surface area (TPSA) is 72.7 Å². The van der Waals surface area contributed by atoms with Crippen molar-refractivity contribution in [3.63, 3.8) is 0 Å². The maximum Gasteiger partial charge on any atom is 0.270 e. The lowest BCUT2D eigenvalue weighted by molar-refractivity contribution is 0.102. The third-order valence-corrected chi connectivity index (χ3v) is 3.60. The Morgan fingerprint density at radius 1 is 1.47 bits per heavy atom. The van der Waals surface area contributed by atoms with Gasteiger partial charge in [-0.25, -0.2) is 0 Å². The Hall–Kier alpha value is -1.51. The number of hydrogen-bond donors (Lipinski definition) is 1. The summed E-state index contributed by atoms with van der Waals surface area (Å²) < 4.78 is 0.923. The van der Waals surface area contributed by atoms with Gasteiger partial charge >= 0.3 is 0 Å². The lowest BCUT2D eigenvalue weighted by Crippen LogP contribution is -2.15. The Balaban J connectivity index is 2.23. The van der Waals surface area contributed by atoms with Gasteiger partial charge < -0.3 is 0 Å². The highest BCUT2D eigenvalue weighted by molar-refractivity contribution is 14.1. The van der Waals surface area contributed by atoms with Crippen LogP contribution in [0.15, 0.2) is 18.2 Å². The molecule has 0 saturated carbocycles. The highest BCUT2D eigenvalue weighted by Crippen LogP contribution is 2.17. The highest BCUT2D eigenvalue weighted by Gasteiger charge is 2.13. The van der Waals surface area contributed by atoms with E-state index in [1.165, 1.54) is 4.80 Å². The van der Waals surface area contributed by atoms with Crippen LogP contribution in [0.4, 0.5) is 5.95 Å². The average molecular weight is 343 g/mol. The first-order valence-electron chi connectivity index (χ1n) is 4.88. The van der Waals surface area contributed by atoms with Crippen molar-refractivity contribution in [2.75, 3.05) is 5.32 Å². The standard InChI is InChI=1S/C10H10IN5O/c1-6-4-3-5-7(8(6)11)9(17)12-10-13-15-16(2)14-10/h3-5H,1-2H3,(H,12,14,17). The van der Waals surface area contributed by atoms with E-state index in [0.29, 0.717) is 5.56 Å². The molecule has 1 aromatic carbocycles. The number of aromatic nitrogens is 4. The lowest BCUT2D eigenvalue weighted by atomic mass is 10.1. The minimum atomic E-state index is -0.230. The maximum atomic E-state index is 12.0. The number of rotatable bonds is 2. The zero-order valence-electron chi connectivity index (χ0n) is 9.31. The first kappa shape index (κ1) is 12.0. The summed E-state index contributed by atoms with van der Waals surface area (Å²) in [5.41, 5.74) is 1.67. The lowest BCUT2D eigenvalue weighted by Gasteiger charge is -2.05. The molecule has 2 rings (SSSR count). The fourth-order valence-electron chi connectivity index (χ4n) is 1.33. The smallest absolute Gasteiger partial charge is 0.270 e. The minimum absolute atomic E-state index is 0.204. The van der Waals surface area contributed by atoms with Crippen LogP contribution in [0.5, 0.6) is 0 Å². The second-order valence-electron chi connectivity index (χ2n) is 3.49. The Kier molecular flexibility index (Phi) is 3.36. The molecule has 0 fully saturated rings. The molecule has 0 bridgehead atoms. The number of anilines is 1. The van der Waals surface area contributed by atoms with Gasteiger partial charge in [-0.3, -0.25) is 10.1 Å². The molecule has 7 heteroatoms. The summed E-state index contributed by atoms with van der Waals surface area (Å²) >= 11 is 2.15. The van der Waals surface area contributed by atoms with Crippen LogP contribution >= 0.6 is 22.6 Å². The predicted octanol–water partition coefficient (Wildman–Crippen LogP) is 1.38. The Morgan fingerprint density at radius 2 is 2.24 bits per heavy atom. The molecule has 0 atom stereocenters. The molecule has 88 valence electrons. The van der Waals surface area contributed by atoms with Gasteiger partial charge in [-0.1, -0.05) is 17.2 Å². The van der Waals surface area contributed by atoms with Gasteiger partial charge in [0.25, 0.3) is 11.9 Å². The first-order chi connectivity index (χ1) is 8.08. The second kappa shape index (κ2) is 4.78. The van der Waals surface area contributed by atoms with Crippen molar-refractivity contribution >= 4 is 34.4 Å². The summed E-state index contributed by atoms with van der Waals surface area (Å²) in [5, 5.41) is 13.8. The molecule has 0 aliphatic carbocycles. The molecule has 0 saturated heterocycles. The molecular formula is C10H10IN5O. The molecule has 0 unspecified atom stereocenters. The number of nitrogens with one attached hydrogen (secondary N) is 1. The molecule has 1 amide bonds. The van der Waals surface area contributed by atoms with E-state index >= 15 is 0 Å². The van der Waals surface area contributed by atoms with Crippen LogP contribution < -0.4 is 5.32 Å². The van der Waals surface area contributed by atoms with E-state index in [0.717, 1.165) is 9.13 Å². The van der Waals surface area contributed by atoms with E-state index in [-0.39, 0.29) is 11.9 Å². The molecular weight excluding hydrogens is 333 g/mol. The summed E-state index contributed by atoms with van der Waals surface area (Å²) in [6.07, 6.45) is 0. The molecule has 1 N–H and O–H groups in total. The van der Waals surface area contributed by atoms with Crippen molar-refractivity contribution in [2.45, 2.75) is 6.92 Å². The number of aryl methyl sites for hydroxylation is 2. The second-order valence-corrected chi connectivity index (χ2v) is 4.57. The van der Waals surface area contributed by atoms with Crippen molar-refractivity contribution in [2.24, 2.45) is 7.05 Å². The Bertz CT molecular complexity index is 566. The van der Waals surface area contributed by atoms with Crippen LogP contribution in [0.1, 0.15) is 15.9 Å². The van der Waals surface area contributed by atoms with Gasteiger partial charge in [-0.05, 0) is 46.4 Å². The van der Waals surface area contributed by atoms with Gasteiger partial charge in [-0.2, -0.15) is 4.80 Å². The largest absolute Gasteiger partial charge is 0.288 e. The number of tetrazole rings is 1. The molecule has 0 spiro atoms. The van der Waals surface area contributed by atoms with Crippen molar-refractivity contribution in [3.05, 3.63) is 32.9 Å². The summed E-state index contributed by atoms with van der Waals surface area (Å²) in [5.74, 6) is -0.0269. The van der Waals surface area contributed by atoms with Gasteiger partial charge in [0, 0.05) is 3.57 Å². The third-order valence-electron chi connectivity index (χ3n) is 2.17. The van der Waals surface area contributed by atoms with Crippen molar-refractivity contribution in [3.8, 4) is 0 Å². The fourth-order valence-corrected chi connectivity index (χ4v) is 1.93. The number of halogens is 1. The van der Waals surface area contributed by atoms with E-state index in [1.807, 2.05) is 19.1 Å². The Labute approximate surface area is 112 Å². The molecule has 0 aliphatic heterocycles. The quantitative estimate of drug-likeness (QED) is 0.836. The fraction of sp³-hybridized carbons (Fsp3) is 0.200. The minimum Gasteiger partial charge on any atom is -0.288 e. The summed E-state index contributed by atoms with van der Waals surface area (Å²) in [7, 11) is 1.64. The molecule has 0 radical (unpaired) electrons. The molecule has 0 aliphatic rings. The third kappa shape index (κ3) is 2.60. The normalized spacial score (nSPS) is 10.3. The van der Waals surface area contributed by atoms with Crippen LogP contribution in [-0.2, 0) is 7.05 Å². The van der Waals surface area contributed by atoms with Gasteiger partial charge in [0.2, 0.25) is 0 Å². The number of amides is 1. The molecule has 1 heterocycles. The first-order valence-corrected chi connectivity index (χ1v) is 5.96. The number of carbonyl (C=O) groups is 1. The number of nitrogens with zero attached hydrogens (tertiary/aromatic N) is 4. The summed E-state index contributed by atoms with van der Waals surface area (Å²) in [4.78, 5) is 13.3. The monoisotopic (exact) mass is 343 g/mol. The van der Waals surface area contributed by atoms with Gasteiger partial charge in [0.05, 0.1) is 12.6 Å². The van der Waals surface area contributed by atoms with Gasteiger partial charge in [0.1, 0.15) is 0 Å². The number of carbonyl (C=O) groups excluding carboxylic acids is 1. The molecule has 6 nitrogen and oxygen atoms in total. The predicted molar refractivity (Wildman–Crippen MR) is 70.6 cm³/mol. The van der Waals surface area contributed by atoms with E-state index in [4.69, 9.17) is 0 Å². The maximum absolute atomic E-state index is 12.0. The van der Waals surface area contributed by atoms with Crippen LogP contribution in [0.3, 0.4) is 0 Å². The van der Waals surface area contributed by atoms with Gasteiger partial charge in [0.15, 0.2) is 0 Å². The molecule has 1 aromatic heterocycles. The van der Waals surface area contributed by atoms with Gasteiger partial charge in [-0.15, -0.1) is 5.10 Å². The van der Waals surface area contributed by atoms with Crippen LogP contribution in [0, 0.1) is 10.5 Å². The zero-order valence-corrected chi connectivity index (χ0v) is 11.5. The summed E-state index contributed by atoms with van der Waals surface area (Å²) in [6.45, 7) is 1.96. The molecule has 2 aromatic rings. The number of hydrogen-bond acceptors (Lipinski definition) is 4.